The number of epoxide rings is 1. The zero-order valence-corrected chi connectivity index (χ0v) is 20.7. The average molecular weight is 483 g/mol. The number of hydrogen-bond acceptors (Lipinski definition) is 4. The second-order valence-electron chi connectivity index (χ2n) is 7.73. The molecule has 2 rings (SSSR count). The molecule has 0 N–H and O–H groups in total. The fourth-order valence-electron chi connectivity index (χ4n) is 3.61. The Balaban J connectivity index is 2.13. The molecule has 1 aromatic rings. The number of nitro groups is 1. The van der Waals surface area contributed by atoms with Crippen LogP contribution in [0, 0.1) is 10.1 Å². The number of benzene rings is 1. The van der Waals surface area contributed by atoms with Gasteiger partial charge in [0.05, 0.1) is 0 Å². The van der Waals surface area contributed by atoms with Gasteiger partial charge in [0, 0.05) is 0 Å². The maximum absolute atomic E-state index is 11.2. The van der Waals surface area contributed by atoms with E-state index in [2.05, 4.69) is 39.5 Å². The van der Waals surface area contributed by atoms with Crippen molar-refractivity contribution in [3.05, 3.63) is 58.7 Å². The number of nitro benzene ring substituents is 1. The van der Waals surface area contributed by atoms with Crippen LogP contribution in [0.25, 0.3) is 0 Å². The summed E-state index contributed by atoms with van der Waals surface area (Å²) < 4.78 is 13.6. The Labute approximate surface area is 182 Å². The van der Waals surface area contributed by atoms with Crippen molar-refractivity contribution in [2.24, 2.45) is 0 Å². The van der Waals surface area contributed by atoms with E-state index in [1.807, 2.05) is 19.1 Å². The summed E-state index contributed by atoms with van der Waals surface area (Å²) in [6, 6.07) is 10.3. The van der Waals surface area contributed by atoms with Gasteiger partial charge in [0.25, 0.3) is 0 Å². The third kappa shape index (κ3) is 6.37. The molecular weight excluding hydrogens is 449 g/mol. The van der Waals surface area contributed by atoms with Gasteiger partial charge in [-0.25, -0.2) is 0 Å². The Kier molecular flexibility index (Phi) is 8.85. The molecule has 1 aliphatic heterocycles. The van der Waals surface area contributed by atoms with Crippen LogP contribution in [0.15, 0.2) is 48.6 Å². The standard InChI is InChI=1S/C22H33NO4SeSi/c1-6-29(7-2,8-3)27-21(22(17-26-22)16-18(4)5)14-11-15-28-20-13-10-9-12-19(20)23(24)25/h9-14,21H,4,6-8,15-17H2,1-3,5H3/b14-11+/t21-,22-/m1/s1. The zero-order valence-electron chi connectivity index (χ0n) is 18.0. The molecule has 0 unspecified atom stereocenters. The Morgan fingerprint density at radius 2 is 2.00 bits per heavy atom. The molecule has 5 nitrogen and oxygen atoms in total. The van der Waals surface area contributed by atoms with E-state index in [4.69, 9.17) is 9.16 Å². The van der Waals surface area contributed by atoms with E-state index in [0.29, 0.717) is 6.61 Å². The number of allylic oxidation sites excluding steroid dienone is 1. The molecule has 0 bridgehead atoms. The van der Waals surface area contributed by atoms with Crippen molar-refractivity contribution in [3.8, 4) is 0 Å². The van der Waals surface area contributed by atoms with E-state index in [1.54, 1.807) is 12.1 Å². The summed E-state index contributed by atoms with van der Waals surface area (Å²) in [6.45, 7) is 13.5. The molecule has 1 aliphatic rings. The predicted molar refractivity (Wildman–Crippen MR) is 123 cm³/mol. The zero-order chi connectivity index (χ0) is 21.5. The Morgan fingerprint density at radius 1 is 1.38 bits per heavy atom. The number of para-hydroxylation sites is 1. The van der Waals surface area contributed by atoms with Crippen LogP contribution in [-0.2, 0) is 9.16 Å². The fourth-order valence-corrected chi connectivity index (χ4v) is 8.23. The van der Waals surface area contributed by atoms with Crippen LogP contribution in [0.4, 0.5) is 5.69 Å². The molecule has 0 aromatic heterocycles. The van der Waals surface area contributed by atoms with Crippen molar-refractivity contribution in [2.75, 3.05) is 6.61 Å². The molecule has 0 amide bonds. The minimum atomic E-state index is -1.79. The summed E-state index contributed by atoms with van der Waals surface area (Å²) >= 11 is 0.00538. The summed E-state index contributed by atoms with van der Waals surface area (Å²) in [5, 5.41) is 12.0. The van der Waals surface area contributed by atoms with E-state index in [-0.39, 0.29) is 37.3 Å². The normalized spacial score (nSPS) is 20.0. The van der Waals surface area contributed by atoms with Crippen molar-refractivity contribution in [3.63, 3.8) is 0 Å². The van der Waals surface area contributed by atoms with Crippen LogP contribution >= 0.6 is 0 Å². The molecule has 0 aliphatic carbocycles. The van der Waals surface area contributed by atoms with Gasteiger partial charge in [-0.05, 0) is 0 Å². The van der Waals surface area contributed by atoms with E-state index in [0.717, 1.165) is 39.9 Å². The van der Waals surface area contributed by atoms with E-state index < -0.39 is 8.32 Å². The third-order valence-electron chi connectivity index (χ3n) is 5.65. The molecule has 1 heterocycles. The van der Waals surface area contributed by atoms with Crippen LogP contribution < -0.4 is 4.46 Å². The van der Waals surface area contributed by atoms with Gasteiger partial charge in [0.2, 0.25) is 0 Å². The topological polar surface area (TPSA) is 64.9 Å². The number of hydrogen-bond donors (Lipinski definition) is 0. The van der Waals surface area contributed by atoms with Gasteiger partial charge in [-0.15, -0.1) is 0 Å². The minimum absolute atomic E-state index is 0.00538. The van der Waals surface area contributed by atoms with Crippen molar-refractivity contribution in [1.29, 1.82) is 0 Å². The second kappa shape index (κ2) is 10.7. The Morgan fingerprint density at radius 3 is 2.52 bits per heavy atom. The first-order chi connectivity index (χ1) is 13.8. The van der Waals surface area contributed by atoms with Gasteiger partial charge in [-0.1, -0.05) is 0 Å². The summed E-state index contributed by atoms with van der Waals surface area (Å²) in [7, 11) is -1.79. The van der Waals surface area contributed by atoms with Gasteiger partial charge in [-0.3, -0.25) is 0 Å². The summed E-state index contributed by atoms with van der Waals surface area (Å²) in [5.41, 5.74) is 1.03. The SMILES string of the molecule is C=C(C)C[C@]1([C@@H](/C=C/C[Se]c2ccccc2[N+](=O)[O-])O[Si](CC)(CC)CC)CO1. The predicted octanol–water partition coefficient (Wildman–Crippen LogP) is 5.02. The monoisotopic (exact) mass is 483 g/mol. The van der Waals surface area contributed by atoms with Crippen molar-refractivity contribution < 1.29 is 14.1 Å². The van der Waals surface area contributed by atoms with E-state index in [9.17, 15) is 10.1 Å². The molecule has 160 valence electrons. The van der Waals surface area contributed by atoms with Gasteiger partial charge in [0.15, 0.2) is 0 Å². The third-order valence-corrected chi connectivity index (χ3v) is 12.4. The van der Waals surface area contributed by atoms with Crippen molar-refractivity contribution in [1.82, 2.24) is 0 Å². The first-order valence-electron chi connectivity index (χ1n) is 10.3. The summed E-state index contributed by atoms with van der Waals surface area (Å²) in [6.07, 6.45) is 5.00. The fraction of sp³-hybridized carbons (Fsp3) is 0.545. The van der Waals surface area contributed by atoms with Crippen LogP contribution in [0.2, 0.25) is 23.5 Å². The second-order valence-corrected chi connectivity index (χ2v) is 14.7. The van der Waals surface area contributed by atoms with E-state index in [1.165, 1.54) is 0 Å². The molecule has 1 saturated heterocycles. The van der Waals surface area contributed by atoms with Gasteiger partial charge < -0.3 is 0 Å². The van der Waals surface area contributed by atoms with Crippen molar-refractivity contribution >= 4 is 33.4 Å². The molecule has 0 saturated carbocycles. The van der Waals surface area contributed by atoms with Crippen LogP contribution in [0.5, 0.6) is 0 Å². The molecule has 7 heteroatoms. The number of ether oxygens (including phenoxy) is 1. The van der Waals surface area contributed by atoms with Crippen LogP contribution in [0.3, 0.4) is 0 Å². The van der Waals surface area contributed by atoms with Gasteiger partial charge >= 0.3 is 182 Å². The Bertz CT molecular complexity index is 736. The molecule has 0 radical (unpaired) electrons. The molecule has 29 heavy (non-hydrogen) atoms. The number of nitrogens with zero attached hydrogens (tertiary/aromatic N) is 1. The molecule has 1 aromatic carbocycles. The van der Waals surface area contributed by atoms with Crippen LogP contribution in [-0.4, -0.2) is 46.5 Å². The maximum atomic E-state index is 11.2. The average Bonchev–Trinajstić information content (AvgIpc) is 3.48. The molecule has 0 spiro atoms. The molecular formula is C22H33NO4SeSi. The van der Waals surface area contributed by atoms with Crippen LogP contribution in [0.1, 0.15) is 34.1 Å². The first kappa shape index (κ1) is 24.0. The quantitative estimate of drug-likeness (QED) is 0.130. The van der Waals surface area contributed by atoms with Crippen molar-refractivity contribution in [2.45, 2.75) is 69.3 Å². The molecule has 2 atom stereocenters. The number of rotatable bonds is 13. The molecule has 1 fully saturated rings. The summed E-state index contributed by atoms with van der Waals surface area (Å²) in [4.78, 5) is 10.9. The van der Waals surface area contributed by atoms with E-state index >= 15 is 0 Å². The van der Waals surface area contributed by atoms with Gasteiger partial charge in [0.1, 0.15) is 0 Å². The first-order valence-corrected chi connectivity index (χ1v) is 14.9. The van der Waals surface area contributed by atoms with Gasteiger partial charge in [-0.2, -0.15) is 0 Å². The summed E-state index contributed by atoms with van der Waals surface area (Å²) in [5.74, 6) is 0. The Hall–Kier alpha value is -1.24.